The molecule has 162 valence electrons. The molecule has 3 heterocycles. The lowest BCUT2D eigenvalue weighted by Gasteiger charge is -2.08. The van der Waals surface area contributed by atoms with Crippen LogP contribution in [0.15, 0.2) is 84.2 Å². The molecule has 0 radical (unpaired) electrons. The summed E-state index contributed by atoms with van der Waals surface area (Å²) in [4.78, 5) is 48.8. The molecule has 0 spiro atoms. The lowest BCUT2D eigenvalue weighted by Crippen LogP contribution is -2.35. The molecule has 0 saturated heterocycles. The van der Waals surface area contributed by atoms with E-state index in [-0.39, 0.29) is 17.5 Å². The molecule has 5 aromatic rings. The van der Waals surface area contributed by atoms with Crippen LogP contribution in [0.4, 0.5) is 5.69 Å². The van der Waals surface area contributed by atoms with Crippen molar-refractivity contribution in [2.45, 2.75) is 0 Å². The number of fused-ring (bicyclic) bond motifs is 2. The Balaban J connectivity index is 1.22. The quantitative estimate of drug-likeness (QED) is 0.389. The van der Waals surface area contributed by atoms with Crippen molar-refractivity contribution in [1.82, 2.24) is 24.7 Å². The van der Waals surface area contributed by atoms with Crippen LogP contribution in [0.25, 0.3) is 27.9 Å². The zero-order valence-corrected chi connectivity index (χ0v) is 17.3. The highest BCUT2D eigenvalue weighted by Gasteiger charge is 2.14. The standard InChI is InChI=1S/C24H18N6O3/c31-21(13-27-23(33)18-12-26-19-5-2-1-4-17(19)22(18)32)28-16-8-6-15(7-9-16)20-14-30-11-3-10-25-24(30)29-20/h1-12,14H,13H2,(H,26,32)(H,27,33)(H,28,31). The van der Waals surface area contributed by atoms with Gasteiger partial charge in [-0.1, -0.05) is 24.3 Å². The Bertz CT molecular complexity index is 1520. The van der Waals surface area contributed by atoms with E-state index in [0.717, 1.165) is 11.3 Å². The van der Waals surface area contributed by atoms with Crippen molar-refractivity contribution in [1.29, 1.82) is 0 Å². The van der Waals surface area contributed by atoms with Crippen LogP contribution in [0.3, 0.4) is 0 Å². The summed E-state index contributed by atoms with van der Waals surface area (Å²) in [6.45, 7) is -0.273. The Morgan fingerprint density at radius 1 is 1.03 bits per heavy atom. The van der Waals surface area contributed by atoms with Crippen molar-refractivity contribution in [2.24, 2.45) is 0 Å². The number of hydrogen-bond acceptors (Lipinski definition) is 5. The highest BCUT2D eigenvalue weighted by atomic mass is 16.2. The Morgan fingerprint density at radius 3 is 2.67 bits per heavy atom. The van der Waals surface area contributed by atoms with Gasteiger partial charge in [-0.05, 0) is 30.3 Å². The van der Waals surface area contributed by atoms with Gasteiger partial charge in [0.05, 0.1) is 12.2 Å². The SMILES string of the molecule is O=C(CNC(=O)c1c[nH]c2ccccc2c1=O)Nc1ccc(-c2cn3cccnc3n2)cc1. The van der Waals surface area contributed by atoms with Gasteiger partial charge >= 0.3 is 0 Å². The first-order valence-corrected chi connectivity index (χ1v) is 10.2. The number of rotatable bonds is 5. The zero-order chi connectivity index (χ0) is 22.8. The molecule has 3 aromatic heterocycles. The van der Waals surface area contributed by atoms with Crippen LogP contribution in [0.2, 0.25) is 0 Å². The van der Waals surface area contributed by atoms with E-state index >= 15 is 0 Å². The van der Waals surface area contributed by atoms with Gasteiger partial charge in [0.15, 0.2) is 0 Å². The molecule has 0 aliphatic heterocycles. The first-order valence-electron chi connectivity index (χ1n) is 10.2. The Morgan fingerprint density at radius 2 is 1.85 bits per heavy atom. The van der Waals surface area contributed by atoms with Crippen LogP contribution in [0.1, 0.15) is 10.4 Å². The number of para-hydroxylation sites is 1. The predicted octanol–water partition coefficient (Wildman–Crippen LogP) is 2.61. The number of hydrogen-bond donors (Lipinski definition) is 3. The van der Waals surface area contributed by atoms with Gasteiger partial charge < -0.3 is 15.6 Å². The topological polar surface area (TPSA) is 121 Å². The molecule has 33 heavy (non-hydrogen) atoms. The molecule has 0 unspecified atom stereocenters. The summed E-state index contributed by atoms with van der Waals surface area (Å²) >= 11 is 0. The van der Waals surface area contributed by atoms with Crippen molar-refractivity contribution < 1.29 is 9.59 Å². The number of pyridine rings is 1. The molecule has 0 aliphatic rings. The molecule has 9 nitrogen and oxygen atoms in total. The number of imidazole rings is 1. The highest BCUT2D eigenvalue weighted by molar-refractivity contribution is 6.00. The van der Waals surface area contributed by atoms with E-state index in [2.05, 4.69) is 25.6 Å². The number of aromatic amines is 1. The number of nitrogens with zero attached hydrogens (tertiary/aromatic N) is 3. The van der Waals surface area contributed by atoms with Crippen LogP contribution >= 0.6 is 0 Å². The van der Waals surface area contributed by atoms with E-state index in [0.29, 0.717) is 22.4 Å². The van der Waals surface area contributed by atoms with Gasteiger partial charge in [0, 0.05) is 46.9 Å². The number of anilines is 1. The zero-order valence-electron chi connectivity index (χ0n) is 17.3. The highest BCUT2D eigenvalue weighted by Crippen LogP contribution is 2.20. The van der Waals surface area contributed by atoms with Gasteiger partial charge in [-0.2, -0.15) is 0 Å². The molecular formula is C24H18N6O3. The van der Waals surface area contributed by atoms with E-state index in [9.17, 15) is 14.4 Å². The van der Waals surface area contributed by atoms with Crippen molar-refractivity contribution in [2.75, 3.05) is 11.9 Å². The second-order valence-electron chi connectivity index (χ2n) is 7.34. The number of nitrogens with one attached hydrogen (secondary N) is 3. The largest absolute Gasteiger partial charge is 0.360 e. The molecule has 2 aromatic carbocycles. The molecule has 0 aliphatic carbocycles. The normalized spacial score (nSPS) is 10.9. The number of amides is 2. The fourth-order valence-corrected chi connectivity index (χ4v) is 3.49. The summed E-state index contributed by atoms with van der Waals surface area (Å²) < 4.78 is 1.83. The van der Waals surface area contributed by atoms with E-state index < -0.39 is 11.8 Å². The average molecular weight is 438 g/mol. The van der Waals surface area contributed by atoms with E-state index in [4.69, 9.17) is 0 Å². The van der Waals surface area contributed by atoms with Crippen molar-refractivity contribution in [3.8, 4) is 11.3 Å². The summed E-state index contributed by atoms with van der Waals surface area (Å²) in [6, 6.07) is 15.9. The molecule has 5 rings (SSSR count). The maximum atomic E-state index is 12.5. The van der Waals surface area contributed by atoms with Crippen molar-refractivity contribution in [3.63, 3.8) is 0 Å². The third kappa shape index (κ3) is 4.07. The van der Waals surface area contributed by atoms with Crippen molar-refractivity contribution in [3.05, 3.63) is 95.2 Å². The molecule has 2 amide bonds. The maximum Gasteiger partial charge on any atom is 0.257 e. The van der Waals surface area contributed by atoms with Crippen molar-refractivity contribution >= 4 is 34.2 Å². The molecule has 0 fully saturated rings. The minimum Gasteiger partial charge on any atom is -0.360 e. The fourth-order valence-electron chi connectivity index (χ4n) is 3.49. The minimum atomic E-state index is -0.618. The lowest BCUT2D eigenvalue weighted by molar-refractivity contribution is -0.115. The number of benzene rings is 2. The number of carbonyl (C=O) groups excluding carboxylic acids is 2. The third-order valence-corrected chi connectivity index (χ3v) is 5.14. The average Bonchev–Trinajstić information content (AvgIpc) is 3.28. The predicted molar refractivity (Wildman–Crippen MR) is 124 cm³/mol. The second kappa shape index (κ2) is 8.39. The Hall–Kier alpha value is -4.79. The van der Waals surface area contributed by atoms with Gasteiger partial charge in [0.25, 0.3) is 5.91 Å². The van der Waals surface area contributed by atoms with Crippen LogP contribution in [0, 0.1) is 0 Å². The molecule has 9 heteroatoms. The lowest BCUT2D eigenvalue weighted by atomic mass is 10.1. The van der Waals surface area contributed by atoms with Crippen LogP contribution in [0.5, 0.6) is 0 Å². The Kier molecular flexibility index (Phi) is 5.12. The summed E-state index contributed by atoms with van der Waals surface area (Å²) in [5.74, 6) is -0.427. The second-order valence-corrected chi connectivity index (χ2v) is 7.34. The first-order chi connectivity index (χ1) is 16.1. The van der Waals surface area contributed by atoms with Gasteiger partial charge in [-0.3, -0.25) is 18.8 Å². The van der Waals surface area contributed by atoms with E-state index in [1.807, 2.05) is 35.0 Å². The fraction of sp³-hybridized carbons (Fsp3) is 0.0417. The minimum absolute atomic E-state index is 0.0483. The monoisotopic (exact) mass is 438 g/mol. The summed E-state index contributed by atoms with van der Waals surface area (Å²) in [5.41, 5.74) is 2.41. The smallest absolute Gasteiger partial charge is 0.257 e. The number of aromatic nitrogens is 4. The van der Waals surface area contributed by atoms with Gasteiger partial charge in [-0.15, -0.1) is 0 Å². The molecule has 3 N–H and O–H groups in total. The van der Waals surface area contributed by atoms with Crippen LogP contribution in [-0.2, 0) is 4.79 Å². The maximum absolute atomic E-state index is 12.5. The van der Waals surface area contributed by atoms with Gasteiger partial charge in [0.1, 0.15) is 5.56 Å². The first kappa shape index (κ1) is 20.1. The molecular weight excluding hydrogens is 420 g/mol. The number of carbonyl (C=O) groups is 2. The molecule has 0 saturated carbocycles. The van der Waals surface area contributed by atoms with Crippen LogP contribution in [-0.4, -0.2) is 37.7 Å². The van der Waals surface area contributed by atoms with Gasteiger partial charge in [-0.25, -0.2) is 9.97 Å². The third-order valence-electron chi connectivity index (χ3n) is 5.14. The molecule has 0 bridgehead atoms. The summed E-state index contributed by atoms with van der Waals surface area (Å²) in [6.07, 6.45) is 6.78. The summed E-state index contributed by atoms with van der Waals surface area (Å²) in [5, 5.41) is 5.62. The Labute approximate surface area is 187 Å². The van der Waals surface area contributed by atoms with E-state index in [1.54, 1.807) is 42.6 Å². The summed E-state index contributed by atoms with van der Waals surface area (Å²) in [7, 11) is 0. The van der Waals surface area contributed by atoms with E-state index in [1.165, 1.54) is 6.20 Å². The molecule has 0 atom stereocenters. The van der Waals surface area contributed by atoms with Crippen LogP contribution < -0.4 is 16.1 Å². The number of H-pyrrole nitrogens is 1. The van der Waals surface area contributed by atoms with Gasteiger partial charge in [0.2, 0.25) is 17.1 Å².